The second-order valence-electron chi connectivity index (χ2n) is 6.73. The zero-order chi connectivity index (χ0) is 19.5. The summed E-state index contributed by atoms with van der Waals surface area (Å²) >= 11 is 1.62. The molecule has 2 amide bonds. The van der Waals surface area contributed by atoms with E-state index in [1.807, 2.05) is 47.9 Å². The molecule has 0 bridgehead atoms. The van der Waals surface area contributed by atoms with E-state index in [0.29, 0.717) is 5.88 Å². The molecule has 144 valence electrons. The Morgan fingerprint density at radius 3 is 2.79 bits per heavy atom. The minimum Gasteiger partial charge on any atom is -0.305 e. The topological polar surface area (TPSA) is 62.0 Å². The molecule has 1 aliphatic heterocycles. The maximum Gasteiger partial charge on any atom is 0.343 e. The van der Waals surface area contributed by atoms with Crippen LogP contribution in [0, 0.1) is 6.92 Å². The van der Waals surface area contributed by atoms with Gasteiger partial charge in [0.25, 0.3) is 0 Å². The molecule has 3 aromatic rings. The Balaban J connectivity index is 1.40. The molecule has 3 heterocycles. The predicted molar refractivity (Wildman–Crippen MR) is 115 cm³/mol. The molecule has 2 aromatic heterocycles. The van der Waals surface area contributed by atoms with Crippen molar-refractivity contribution in [2.24, 2.45) is 5.10 Å². The SMILES string of the molecule is CCc1nc2ccc(NC(=O)N3CSC(CCc4ccccc4)=N3)cn2c1C. The van der Waals surface area contributed by atoms with Gasteiger partial charge in [0.1, 0.15) is 5.65 Å². The van der Waals surface area contributed by atoms with Crippen LogP contribution in [0.2, 0.25) is 0 Å². The summed E-state index contributed by atoms with van der Waals surface area (Å²) in [6.07, 6.45) is 4.58. The number of amides is 2. The summed E-state index contributed by atoms with van der Waals surface area (Å²) < 4.78 is 2.02. The minimum atomic E-state index is -0.213. The van der Waals surface area contributed by atoms with Gasteiger partial charge in [-0.1, -0.05) is 49.0 Å². The van der Waals surface area contributed by atoms with Gasteiger partial charge >= 0.3 is 6.03 Å². The van der Waals surface area contributed by atoms with Crippen molar-refractivity contribution in [3.63, 3.8) is 0 Å². The van der Waals surface area contributed by atoms with Crippen molar-refractivity contribution in [2.75, 3.05) is 11.2 Å². The molecule has 0 aliphatic carbocycles. The summed E-state index contributed by atoms with van der Waals surface area (Å²) in [6.45, 7) is 4.14. The van der Waals surface area contributed by atoms with Gasteiger partial charge in [0, 0.05) is 18.3 Å². The number of nitrogens with one attached hydrogen (secondary N) is 1. The van der Waals surface area contributed by atoms with E-state index < -0.39 is 0 Å². The van der Waals surface area contributed by atoms with Crippen LogP contribution in [0.4, 0.5) is 10.5 Å². The normalized spacial score (nSPS) is 13.8. The number of hydrazone groups is 1. The molecule has 0 radical (unpaired) electrons. The first-order chi connectivity index (χ1) is 13.6. The first-order valence-corrected chi connectivity index (χ1v) is 10.4. The number of carbonyl (C=O) groups is 1. The van der Waals surface area contributed by atoms with Gasteiger partial charge in [0.05, 0.1) is 22.3 Å². The van der Waals surface area contributed by atoms with Gasteiger partial charge < -0.3 is 9.72 Å². The Labute approximate surface area is 168 Å². The van der Waals surface area contributed by atoms with Gasteiger partial charge in [-0.05, 0) is 37.5 Å². The summed E-state index contributed by atoms with van der Waals surface area (Å²) in [5, 5.41) is 9.91. The molecule has 0 atom stereocenters. The third kappa shape index (κ3) is 3.89. The number of benzene rings is 1. The maximum absolute atomic E-state index is 12.6. The lowest BCUT2D eigenvalue weighted by Crippen LogP contribution is -2.28. The fourth-order valence-electron chi connectivity index (χ4n) is 3.26. The lowest BCUT2D eigenvalue weighted by molar-refractivity contribution is 0.223. The third-order valence-electron chi connectivity index (χ3n) is 4.83. The Bertz CT molecular complexity index is 1030. The zero-order valence-corrected chi connectivity index (χ0v) is 16.9. The average Bonchev–Trinajstić information content (AvgIpc) is 3.32. The molecule has 1 N–H and O–H groups in total. The van der Waals surface area contributed by atoms with E-state index in [1.165, 1.54) is 10.6 Å². The lowest BCUT2D eigenvalue weighted by atomic mass is 10.1. The molecule has 1 aliphatic rings. The van der Waals surface area contributed by atoms with Crippen molar-refractivity contribution in [1.82, 2.24) is 14.4 Å². The van der Waals surface area contributed by atoms with E-state index in [-0.39, 0.29) is 6.03 Å². The number of pyridine rings is 1. The summed E-state index contributed by atoms with van der Waals surface area (Å²) in [7, 11) is 0. The van der Waals surface area contributed by atoms with Crippen LogP contribution in [0.15, 0.2) is 53.8 Å². The Kier molecular flexibility index (Phi) is 5.34. The number of rotatable bonds is 5. The van der Waals surface area contributed by atoms with Crippen molar-refractivity contribution in [1.29, 1.82) is 0 Å². The second-order valence-corrected chi connectivity index (χ2v) is 7.74. The summed E-state index contributed by atoms with van der Waals surface area (Å²) in [5.41, 5.74) is 5.09. The first kappa shape index (κ1) is 18.6. The number of aromatic nitrogens is 2. The van der Waals surface area contributed by atoms with Crippen molar-refractivity contribution >= 4 is 34.2 Å². The summed E-state index contributed by atoms with van der Waals surface area (Å²) in [5.74, 6) is 0.544. The largest absolute Gasteiger partial charge is 0.343 e. The van der Waals surface area contributed by atoms with Gasteiger partial charge in [-0.3, -0.25) is 0 Å². The van der Waals surface area contributed by atoms with Crippen LogP contribution in [-0.4, -0.2) is 31.3 Å². The molecule has 4 rings (SSSR count). The van der Waals surface area contributed by atoms with E-state index >= 15 is 0 Å². The van der Waals surface area contributed by atoms with Crippen LogP contribution >= 0.6 is 11.8 Å². The van der Waals surface area contributed by atoms with Crippen LogP contribution in [0.5, 0.6) is 0 Å². The third-order valence-corrected chi connectivity index (χ3v) is 5.82. The van der Waals surface area contributed by atoms with E-state index in [9.17, 15) is 4.79 Å². The Morgan fingerprint density at radius 2 is 2.00 bits per heavy atom. The highest BCUT2D eigenvalue weighted by molar-refractivity contribution is 8.14. The van der Waals surface area contributed by atoms with Gasteiger partial charge in [-0.25, -0.2) is 14.8 Å². The lowest BCUT2D eigenvalue weighted by Gasteiger charge is -2.12. The molecule has 0 fully saturated rings. The number of anilines is 1. The van der Waals surface area contributed by atoms with Crippen molar-refractivity contribution < 1.29 is 4.79 Å². The van der Waals surface area contributed by atoms with Gasteiger partial charge in [-0.15, -0.1) is 0 Å². The monoisotopic (exact) mass is 393 g/mol. The summed E-state index contributed by atoms with van der Waals surface area (Å²) in [4.78, 5) is 17.2. The molecule has 28 heavy (non-hydrogen) atoms. The molecule has 0 saturated heterocycles. The smallest absolute Gasteiger partial charge is 0.305 e. The van der Waals surface area contributed by atoms with Crippen molar-refractivity contribution in [2.45, 2.75) is 33.1 Å². The zero-order valence-electron chi connectivity index (χ0n) is 16.1. The molecule has 0 saturated carbocycles. The average molecular weight is 394 g/mol. The molecule has 6 nitrogen and oxygen atoms in total. The number of carbonyl (C=O) groups excluding carboxylic acids is 1. The fraction of sp³-hybridized carbons (Fsp3) is 0.286. The first-order valence-electron chi connectivity index (χ1n) is 9.44. The molecule has 1 aromatic carbocycles. The van der Waals surface area contributed by atoms with E-state index in [1.54, 1.807) is 11.8 Å². The number of aryl methyl sites for hydroxylation is 3. The highest BCUT2D eigenvalue weighted by atomic mass is 32.2. The molecule has 7 heteroatoms. The minimum absolute atomic E-state index is 0.213. The maximum atomic E-state index is 12.6. The molecule has 0 unspecified atom stereocenters. The number of thioether (sulfide) groups is 1. The summed E-state index contributed by atoms with van der Waals surface area (Å²) in [6, 6.07) is 13.9. The number of fused-ring (bicyclic) bond motifs is 1. The number of hydrogen-bond acceptors (Lipinski definition) is 4. The second kappa shape index (κ2) is 8.06. The Hall–Kier alpha value is -2.80. The van der Waals surface area contributed by atoms with E-state index in [2.05, 4.69) is 34.5 Å². The number of urea groups is 1. The van der Waals surface area contributed by atoms with E-state index in [0.717, 1.165) is 47.0 Å². The van der Waals surface area contributed by atoms with Crippen LogP contribution in [0.1, 0.15) is 30.3 Å². The van der Waals surface area contributed by atoms with Gasteiger partial charge in [0.2, 0.25) is 0 Å². The highest BCUT2D eigenvalue weighted by Crippen LogP contribution is 2.22. The van der Waals surface area contributed by atoms with Crippen LogP contribution in [0.25, 0.3) is 5.65 Å². The quantitative estimate of drug-likeness (QED) is 0.684. The standard InChI is InChI=1S/C21H23N5OS/c1-3-18-15(2)25-13-17(10-11-19(25)23-18)22-21(27)26-14-28-20(24-26)12-9-16-7-5-4-6-8-16/h4-8,10-11,13H,3,9,12,14H2,1-2H3,(H,22,27). The number of imidazole rings is 1. The van der Waals surface area contributed by atoms with Gasteiger partial charge in [-0.2, -0.15) is 5.10 Å². The number of nitrogens with zero attached hydrogens (tertiary/aromatic N) is 4. The molecule has 0 spiro atoms. The fourth-order valence-corrected chi connectivity index (χ4v) is 4.11. The van der Waals surface area contributed by atoms with Crippen molar-refractivity contribution in [3.05, 3.63) is 65.6 Å². The van der Waals surface area contributed by atoms with Crippen LogP contribution in [-0.2, 0) is 12.8 Å². The van der Waals surface area contributed by atoms with Crippen LogP contribution < -0.4 is 5.32 Å². The van der Waals surface area contributed by atoms with Crippen LogP contribution in [0.3, 0.4) is 0 Å². The number of hydrogen-bond donors (Lipinski definition) is 1. The molecular weight excluding hydrogens is 370 g/mol. The Morgan fingerprint density at radius 1 is 1.18 bits per heavy atom. The highest BCUT2D eigenvalue weighted by Gasteiger charge is 2.21. The molecular formula is C21H23N5OS. The van der Waals surface area contributed by atoms with Gasteiger partial charge in [0.15, 0.2) is 0 Å². The van der Waals surface area contributed by atoms with Crippen molar-refractivity contribution in [3.8, 4) is 0 Å². The predicted octanol–water partition coefficient (Wildman–Crippen LogP) is 4.69. The van der Waals surface area contributed by atoms with E-state index in [4.69, 9.17) is 0 Å².